The molecule has 0 amide bonds. The van der Waals surface area contributed by atoms with Gasteiger partial charge < -0.3 is 0 Å². The van der Waals surface area contributed by atoms with E-state index in [0.717, 1.165) is 0 Å². The molecule has 2 unspecified atom stereocenters. The summed E-state index contributed by atoms with van der Waals surface area (Å²) < 4.78 is 127. The molecule has 2 atom stereocenters. The van der Waals surface area contributed by atoms with Crippen LogP contribution in [0.3, 0.4) is 0 Å². The number of rotatable bonds is 3. The molecule has 0 saturated heterocycles. The van der Waals surface area contributed by atoms with E-state index in [9.17, 15) is 43.7 Å². The highest BCUT2D eigenvalue weighted by atomic mass is 79.9. The van der Waals surface area contributed by atoms with Gasteiger partial charge in [0.2, 0.25) is 0 Å². The largest absolute Gasteiger partial charge is 0.475 e. The smallest absolute Gasteiger partial charge is 0.245 e. The maximum atomic E-state index is 14.1. The Morgan fingerprint density at radius 2 is 1.35 bits per heavy atom. The van der Waals surface area contributed by atoms with Gasteiger partial charge in [0, 0.05) is 14.9 Å². The summed E-state index contributed by atoms with van der Waals surface area (Å²) in [6, 6.07) is 0.535. The second-order valence-electron chi connectivity index (χ2n) is 4.04. The van der Waals surface area contributed by atoms with Crippen LogP contribution in [-0.2, 0) is 16.5 Å². The van der Waals surface area contributed by atoms with Gasteiger partial charge in [-0.3, -0.25) is 0 Å². The molecule has 0 fully saturated rings. The van der Waals surface area contributed by atoms with Gasteiger partial charge in [-0.15, -0.1) is 0 Å². The summed E-state index contributed by atoms with van der Waals surface area (Å²) in [6.45, 7) is 0. The summed E-state index contributed by atoms with van der Waals surface area (Å²) in [4.78, 5) is -6.50. The first-order valence-electron chi connectivity index (χ1n) is 5.14. The van der Waals surface area contributed by atoms with E-state index in [0.29, 0.717) is 6.07 Å². The molecular formula is C10H3Br2F9OS. The second kappa shape index (κ2) is 6.21. The molecule has 0 N–H and O–H groups in total. The van der Waals surface area contributed by atoms with Crippen molar-refractivity contribution in [1.82, 2.24) is 0 Å². The minimum absolute atomic E-state index is 0.170. The van der Waals surface area contributed by atoms with Crippen LogP contribution in [0.15, 0.2) is 27.6 Å². The first-order chi connectivity index (χ1) is 10.0. The summed E-state index contributed by atoms with van der Waals surface area (Å²) in [6.07, 6.45) is -6.17. The third kappa shape index (κ3) is 4.03. The molecule has 0 bridgehead atoms. The second-order valence-corrected chi connectivity index (χ2v) is 7.43. The van der Waals surface area contributed by atoms with E-state index in [4.69, 9.17) is 0 Å². The van der Waals surface area contributed by atoms with Gasteiger partial charge in [-0.1, -0.05) is 15.9 Å². The van der Waals surface area contributed by atoms with Crippen LogP contribution in [0.2, 0.25) is 0 Å². The van der Waals surface area contributed by atoms with Crippen LogP contribution in [0.1, 0.15) is 5.56 Å². The normalized spacial score (nSPS) is 17.7. The van der Waals surface area contributed by atoms with Crippen molar-refractivity contribution in [3.8, 4) is 0 Å². The first-order valence-corrected chi connectivity index (χ1v) is 7.87. The van der Waals surface area contributed by atoms with Gasteiger partial charge in [-0.2, -0.15) is 35.1 Å². The van der Waals surface area contributed by atoms with Gasteiger partial charge in [0.15, 0.2) is 10.8 Å². The summed E-state index contributed by atoms with van der Waals surface area (Å²) in [7, 11) is -3.83. The SMILES string of the molecule is O=S(c1cc(Br)cc(C(F)(C(F)(F)F)C(F)(F)Br)c1)C(F)(F)F. The molecular weight excluding hydrogens is 499 g/mol. The quantitative estimate of drug-likeness (QED) is 0.378. The molecule has 0 saturated carbocycles. The van der Waals surface area contributed by atoms with Crippen molar-refractivity contribution in [2.45, 2.75) is 27.1 Å². The fraction of sp³-hybridized carbons (Fsp3) is 0.400. The van der Waals surface area contributed by atoms with Crippen LogP contribution >= 0.6 is 31.9 Å². The van der Waals surface area contributed by atoms with Crippen molar-refractivity contribution < 1.29 is 43.7 Å². The van der Waals surface area contributed by atoms with E-state index in [1.165, 1.54) is 15.9 Å². The Labute approximate surface area is 141 Å². The Morgan fingerprint density at radius 1 is 0.870 bits per heavy atom. The van der Waals surface area contributed by atoms with Gasteiger partial charge in [0.1, 0.15) is 0 Å². The predicted molar refractivity (Wildman–Crippen MR) is 69.3 cm³/mol. The molecule has 23 heavy (non-hydrogen) atoms. The van der Waals surface area contributed by atoms with E-state index in [1.807, 2.05) is 0 Å². The fourth-order valence-corrected chi connectivity index (χ4v) is 3.32. The predicted octanol–water partition coefficient (Wildman–Crippen LogP) is 5.79. The van der Waals surface area contributed by atoms with Crippen LogP contribution in [0, 0.1) is 0 Å². The zero-order chi connectivity index (χ0) is 18.4. The van der Waals surface area contributed by atoms with E-state index in [-0.39, 0.29) is 12.1 Å². The Bertz CT molecular complexity index is 606. The third-order valence-corrected chi connectivity index (χ3v) is 4.56. The highest BCUT2D eigenvalue weighted by Gasteiger charge is 2.71. The molecule has 0 spiro atoms. The molecule has 0 aromatic heterocycles. The fourth-order valence-electron chi connectivity index (χ4n) is 1.49. The highest BCUT2D eigenvalue weighted by molar-refractivity contribution is 9.10. The van der Waals surface area contributed by atoms with Crippen LogP contribution in [0.25, 0.3) is 0 Å². The monoisotopic (exact) mass is 500 g/mol. The number of alkyl halides is 10. The van der Waals surface area contributed by atoms with E-state index in [2.05, 4.69) is 15.9 Å². The molecule has 1 aromatic carbocycles. The summed E-state index contributed by atoms with van der Waals surface area (Å²) >= 11 is 3.74. The molecule has 0 heterocycles. The molecule has 0 aliphatic carbocycles. The van der Waals surface area contributed by atoms with Gasteiger partial charge in [0.05, 0.1) is 0 Å². The van der Waals surface area contributed by atoms with E-state index >= 15 is 0 Å². The van der Waals surface area contributed by atoms with Gasteiger partial charge >= 0.3 is 22.2 Å². The zero-order valence-corrected chi connectivity index (χ0v) is 14.2. The number of hydrogen-bond acceptors (Lipinski definition) is 1. The zero-order valence-electron chi connectivity index (χ0n) is 10.2. The third-order valence-electron chi connectivity index (χ3n) is 2.47. The van der Waals surface area contributed by atoms with Crippen LogP contribution in [-0.4, -0.2) is 20.7 Å². The maximum absolute atomic E-state index is 14.1. The van der Waals surface area contributed by atoms with Crippen molar-refractivity contribution in [2.24, 2.45) is 0 Å². The van der Waals surface area contributed by atoms with Crippen LogP contribution in [0.4, 0.5) is 39.5 Å². The number of benzene rings is 1. The summed E-state index contributed by atoms with van der Waals surface area (Å²) in [5.74, 6) is 0. The lowest BCUT2D eigenvalue weighted by Crippen LogP contribution is -2.49. The maximum Gasteiger partial charge on any atom is 0.475 e. The molecule has 0 aliphatic rings. The van der Waals surface area contributed by atoms with E-state index < -0.39 is 47.9 Å². The first kappa shape index (κ1) is 20.7. The lowest BCUT2D eigenvalue weighted by molar-refractivity contribution is -0.282. The Kier molecular flexibility index (Phi) is 5.60. The Morgan fingerprint density at radius 3 is 1.70 bits per heavy atom. The van der Waals surface area contributed by atoms with Crippen molar-refractivity contribution >= 4 is 42.7 Å². The van der Waals surface area contributed by atoms with E-state index in [1.54, 1.807) is 0 Å². The molecule has 0 aliphatic heterocycles. The summed E-state index contributed by atoms with van der Waals surface area (Å²) in [5, 5.41) is 0. The lowest BCUT2D eigenvalue weighted by Gasteiger charge is -2.32. The molecule has 0 radical (unpaired) electrons. The number of halogens is 11. The highest BCUT2D eigenvalue weighted by Crippen LogP contribution is 2.55. The average molecular weight is 502 g/mol. The average Bonchev–Trinajstić information content (AvgIpc) is 2.32. The Hall–Kier alpha value is -0.300. The van der Waals surface area contributed by atoms with Crippen molar-refractivity contribution in [3.63, 3.8) is 0 Å². The van der Waals surface area contributed by atoms with Crippen molar-refractivity contribution in [2.75, 3.05) is 0 Å². The molecule has 1 aromatic rings. The van der Waals surface area contributed by atoms with Crippen LogP contribution in [0.5, 0.6) is 0 Å². The van der Waals surface area contributed by atoms with Gasteiger partial charge in [-0.05, 0) is 34.1 Å². The summed E-state index contributed by atoms with van der Waals surface area (Å²) in [5.41, 5.74) is -12.5. The minimum Gasteiger partial charge on any atom is -0.245 e. The van der Waals surface area contributed by atoms with Crippen molar-refractivity contribution in [3.05, 3.63) is 28.2 Å². The van der Waals surface area contributed by atoms with Gasteiger partial charge in [-0.25, -0.2) is 8.60 Å². The standard InChI is InChI=1S/C10H3Br2F9OS/c11-5-1-4(2-6(3-5)23(22)10(19,20)21)7(13,8(12,14)15)9(16,17)18/h1-3H. The Balaban J connectivity index is 3.66. The van der Waals surface area contributed by atoms with Crippen molar-refractivity contribution in [1.29, 1.82) is 0 Å². The molecule has 1 rings (SSSR count). The topological polar surface area (TPSA) is 17.1 Å². The van der Waals surface area contributed by atoms with Crippen LogP contribution < -0.4 is 0 Å². The molecule has 132 valence electrons. The van der Waals surface area contributed by atoms with Gasteiger partial charge in [0.25, 0.3) is 0 Å². The lowest BCUT2D eigenvalue weighted by atomic mass is 9.95. The minimum atomic E-state index is -6.17. The molecule has 1 nitrogen and oxygen atoms in total. The number of hydrogen-bond donors (Lipinski definition) is 0. The molecule has 13 heteroatoms.